The van der Waals surface area contributed by atoms with Crippen LogP contribution in [0.2, 0.25) is 0 Å². The van der Waals surface area contributed by atoms with E-state index in [1.807, 2.05) is 0 Å². The monoisotopic (exact) mass is 340 g/mol. The van der Waals surface area contributed by atoms with Crippen LogP contribution in [0, 0.1) is 17.8 Å². The largest absolute Gasteiger partial charge is 0.481 e. The first kappa shape index (κ1) is 19.4. The van der Waals surface area contributed by atoms with E-state index in [-0.39, 0.29) is 5.57 Å². The van der Waals surface area contributed by atoms with E-state index in [9.17, 15) is 19.2 Å². The molecule has 24 heavy (non-hydrogen) atoms. The third kappa shape index (κ3) is 5.22. The second kappa shape index (κ2) is 8.85. The Hall–Kier alpha value is -2.64. The molecule has 0 aromatic heterocycles. The second-order valence-corrected chi connectivity index (χ2v) is 5.60. The van der Waals surface area contributed by atoms with Crippen molar-refractivity contribution >= 4 is 23.9 Å². The third-order valence-electron chi connectivity index (χ3n) is 4.01. The Morgan fingerprint density at radius 3 is 1.96 bits per heavy atom. The van der Waals surface area contributed by atoms with Crippen LogP contribution in [0.3, 0.4) is 0 Å². The molecular weight excluding hydrogens is 320 g/mol. The molecular formula is C16H20O8. The van der Waals surface area contributed by atoms with Gasteiger partial charge in [0.25, 0.3) is 0 Å². The van der Waals surface area contributed by atoms with E-state index in [4.69, 9.17) is 20.4 Å². The van der Waals surface area contributed by atoms with Gasteiger partial charge in [0.1, 0.15) is 0 Å². The first-order valence-corrected chi connectivity index (χ1v) is 7.54. The van der Waals surface area contributed by atoms with Crippen molar-refractivity contribution in [3.63, 3.8) is 0 Å². The Bertz CT molecular complexity index is 563. The van der Waals surface area contributed by atoms with Gasteiger partial charge in [-0.3, -0.25) is 14.4 Å². The Balaban J connectivity index is 0.000000240. The molecule has 8 nitrogen and oxygen atoms in total. The summed E-state index contributed by atoms with van der Waals surface area (Å²) in [5.41, 5.74) is 0.0359. The van der Waals surface area contributed by atoms with Gasteiger partial charge in [0.15, 0.2) is 0 Å². The molecule has 0 heterocycles. The summed E-state index contributed by atoms with van der Waals surface area (Å²) in [7, 11) is 0. The fourth-order valence-electron chi connectivity index (χ4n) is 2.73. The van der Waals surface area contributed by atoms with Crippen molar-refractivity contribution in [3.8, 4) is 0 Å². The van der Waals surface area contributed by atoms with Gasteiger partial charge in [-0.2, -0.15) is 0 Å². The third-order valence-corrected chi connectivity index (χ3v) is 4.01. The maximum Gasteiger partial charge on any atom is 0.332 e. The van der Waals surface area contributed by atoms with Gasteiger partial charge in [0.05, 0.1) is 17.8 Å². The number of carboxylic acids is 4. The van der Waals surface area contributed by atoms with Crippen molar-refractivity contribution < 1.29 is 39.6 Å². The summed E-state index contributed by atoms with van der Waals surface area (Å²) in [5, 5.41) is 34.6. The van der Waals surface area contributed by atoms with Gasteiger partial charge >= 0.3 is 23.9 Å². The topological polar surface area (TPSA) is 149 Å². The van der Waals surface area contributed by atoms with Crippen molar-refractivity contribution in [1.82, 2.24) is 0 Å². The lowest BCUT2D eigenvalue weighted by molar-refractivity contribution is -0.152. The number of hydrogen-bond donors (Lipinski definition) is 4. The normalized spacial score (nSPS) is 25.7. The molecule has 3 atom stereocenters. The number of rotatable bonds is 4. The van der Waals surface area contributed by atoms with Gasteiger partial charge in [0.2, 0.25) is 0 Å². The summed E-state index contributed by atoms with van der Waals surface area (Å²) in [4.78, 5) is 42.2. The zero-order valence-electron chi connectivity index (χ0n) is 12.9. The average Bonchev–Trinajstić information content (AvgIpc) is 2.55. The van der Waals surface area contributed by atoms with E-state index < -0.39 is 41.6 Å². The molecule has 3 unspecified atom stereocenters. The van der Waals surface area contributed by atoms with E-state index in [1.54, 1.807) is 6.08 Å². The van der Waals surface area contributed by atoms with E-state index in [0.717, 1.165) is 6.42 Å². The molecule has 132 valence electrons. The molecule has 0 aromatic rings. The molecule has 0 saturated carbocycles. The maximum absolute atomic E-state index is 10.6. The first-order valence-electron chi connectivity index (χ1n) is 7.54. The van der Waals surface area contributed by atoms with Crippen molar-refractivity contribution in [1.29, 1.82) is 0 Å². The van der Waals surface area contributed by atoms with Crippen molar-refractivity contribution in [2.45, 2.75) is 32.1 Å². The van der Waals surface area contributed by atoms with Crippen LogP contribution in [-0.4, -0.2) is 44.3 Å². The standard InChI is InChI=1S/2C8H10O4/c2*9-7(10)5-3-1-2-4-6(5)8(11)12/h3,6H,1-2,4H2,(H,9,10)(H,11,12);1,3,5-6H,2,4H2,(H,9,10)(H,11,12). The maximum atomic E-state index is 10.6. The van der Waals surface area contributed by atoms with Crippen molar-refractivity contribution in [2.24, 2.45) is 17.8 Å². The summed E-state index contributed by atoms with van der Waals surface area (Å²) >= 11 is 0. The Labute approximate surface area is 138 Å². The molecule has 4 N–H and O–H groups in total. The van der Waals surface area contributed by atoms with Crippen LogP contribution in [0.4, 0.5) is 0 Å². The van der Waals surface area contributed by atoms with Crippen molar-refractivity contribution in [2.75, 3.05) is 0 Å². The minimum Gasteiger partial charge on any atom is -0.481 e. The van der Waals surface area contributed by atoms with Crippen LogP contribution in [-0.2, 0) is 19.2 Å². The smallest absolute Gasteiger partial charge is 0.332 e. The summed E-state index contributed by atoms with van der Waals surface area (Å²) in [6.07, 6.45) is 7.63. The zero-order chi connectivity index (χ0) is 18.3. The predicted molar refractivity (Wildman–Crippen MR) is 81.3 cm³/mol. The number of carbonyl (C=O) groups is 4. The molecule has 2 aliphatic carbocycles. The molecule has 0 radical (unpaired) electrons. The molecule has 0 spiro atoms. The number of carboxylic acid groups (broad SMARTS) is 4. The number of allylic oxidation sites excluding steroid dienone is 2. The zero-order valence-corrected chi connectivity index (χ0v) is 12.9. The minimum absolute atomic E-state index is 0.0359. The fourth-order valence-corrected chi connectivity index (χ4v) is 2.73. The predicted octanol–water partition coefficient (Wildman–Crippen LogP) is 1.62. The highest BCUT2D eigenvalue weighted by Gasteiger charge is 2.32. The molecule has 0 amide bonds. The van der Waals surface area contributed by atoms with Crippen molar-refractivity contribution in [3.05, 3.63) is 23.8 Å². The van der Waals surface area contributed by atoms with Crippen LogP contribution < -0.4 is 0 Å². The van der Waals surface area contributed by atoms with Gasteiger partial charge in [0, 0.05) is 5.57 Å². The summed E-state index contributed by atoms with van der Waals surface area (Å²) < 4.78 is 0. The summed E-state index contributed by atoms with van der Waals surface area (Å²) in [5.74, 6) is -6.64. The molecule has 0 bridgehead atoms. The van der Waals surface area contributed by atoms with Crippen LogP contribution in [0.15, 0.2) is 23.8 Å². The number of aliphatic carboxylic acids is 4. The Morgan fingerprint density at radius 2 is 1.54 bits per heavy atom. The fraction of sp³-hybridized carbons (Fsp3) is 0.500. The quantitative estimate of drug-likeness (QED) is 0.564. The average molecular weight is 340 g/mol. The second-order valence-electron chi connectivity index (χ2n) is 5.60. The van der Waals surface area contributed by atoms with E-state index in [1.165, 1.54) is 12.2 Å². The van der Waals surface area contributed by atoms with E-state index in [0.29, 0.717) is 25.7 Å². The van der Waals surface area contributed by atoms with Gasteiger partial charge < -0.3 is 20.4 Å². The summed E-state index contributed by atoms with van der Waals surface area (Å²) in [6.45, 7) is 0. The Kier molecular flexibility index (Phi) is 7.16. The molecule has 2 rings (SSSR count). The van der Waals surface area contributed by atoms with Crippen LogP contribution in [0.1, 0.15) is 32.1 Å². The highest BCUT2D eigenvalue weighted by atomic mass is 16.4. The van der Waals surface area contributed by atoms with E-state index in [2.05, 4.69) is 0 Å². The molecule has 0 aromatic carbocycles. The molecule has 0 saturated heterocycles. The van der Waals surface area contributed by atoms with Gasteiger partial charge in [-0.25, -0.2) is 4.79 Å². The molecule has 2 aliphatic rings. The first-order chi connectivity index (χ1) is 11.3. The highest BCUT2D eigenvalue weighted by Crippen LogP contribution is 2.25. The van der Waals surface area contributed by atoms with Crippen LogP contribution in [0.25, 0.3) is 0 Å². The Morgan fingerprint density at radius 1 is 0.875 bits per heavy atom. The molecule has 8 heteroatoms. The van der Waals surface area contributed by atoms with Crippen LogP contribution in [0.5, 0.6) is 0 Å². The lowest BCUT2D eigenvalue weighted by atomic mass is 9.84. The van der Waals surface area contributed by atoms with Gasteiger partial charge in [-0.05, 0) is 32.1 Å². The van der Waals surface area contributed by atoms with Gasteiger partial charge in [-0.1, -0.05) is 18.2 Å². The highest BCUT2D eigenvalue weighted by molar-refractivity contribution is 5.94. The molecule has 0 fully saturated rings. The number of hydrogen-bond acceptors (Lipinski definition) is 4. The lowest BCUT2D eigenvalue weighted by Gasteiger charge is -2.19. The SMILES string of the molecule is O=C(O)C1=CCCCC1C(=O)O.O=C(O)C1C=CCCC1C(=O)O. The lowest BCUT2D eigenvalue weighted by Crippen LogP contribution is -2.30. The van der Waals surface area contributed by atoms with E-state index >= 15 is 0 Å². The minimum atomic E-state index is -1.11. The summed E-state index contributed by atoms with van der Waals surface area (Å²) in [6, 6.07) is 0. The van der Waals surface area contributed by atoms with Gasteiger partial charge in [-0.15, -0.1) is 0 Å². The molecule has 0 aliphatic heterocycles. The van der Waals surface area contributed by atoms with Crippen LogP contribution >= 0.6 is 0 Å².